The number of hydrogen-bond donors (Lipinski definition) is 3. The molecule has 1 atom stereocenters. The van der Waals surface area contributed by atoms with Gasteiger partial charge in [-0.15, -0.1) is 0 Å². The number of carbonyl (C=O) groups excluding carboxylic acids is 2. The molecule has 1 heterocycles. The van der Waals surface area contributed by atoms with Gasteiger partial charge < -0.3 is 16.0 Å². The number of sulfonamides is 1. The molecule has 1 aromatic rings. The van der Waals surface area contributed by atoms with Gasteiger partial charge in [0.15, 0.2) is 0 Å². The first-order valence-corrected chi connectivity index (χ1v) is 10.4. The number of benzene rings is 1. The molecule has 9 heteroatoms. The van der Waals surface area contributed by atoms with Gasteiger partial charge in [0.2, 0.25) is 15.9 Å². The van der Waals surface area contributed by atoms with Gasteiger partial charge in [-0.25, -0.2) is 17.5 Å². The van der Waals surface area contributed by atoms with Crippen LogP contribution in [0, 0.1) is 5.92 Å². The average molecular weight is 382 g/mol. The largest absolute Gasteiger partial charge is 0.359 e. The fourth-order valence-corrected chi connectivity index (χ4v) is 3.83. The van der Waals surface area contributed by atoms with Crippen LogP contribution < -0.4 is 16.0 Å². The summed E-state index contributed by atoms with van der Waals surface area (Å²) in [4.78, 5) is 23.4. The van der Waals surface area contributed by atoms with Crippen molar-refractivity contribution in [1.29, 1.82) is 0 Å². The van der Waals surface area contributed by atoms with Crippen LogP contribution >= 0.6 is 0 Å². The van der Waals surface area contributed by atoms with E-state index in [4.69, 9.17) is 0 Å². The molecule has 3 amide bonds. The number of amides is 3. The summed E-state index contributed by atoms with van der Waals surface area (Å²) in [5.74, 6) is 0.0400. The SMILES string of the molecule is CNC(=O)Cc1ccc(NC(=O)NCC2CCCN(S(C)(=O)=O)C2)cc1. The summed E-state index contributed by atoms with van der Waals surface area (Å²) < 4.78 is 24.7. The maximum absolute atomic E-state index is 12.0. The second kappa shape index (κ2) is 9.00. The van der Waals surface area contributed by atoms with Gasteiger partial charge in [0.1, 0.15) is 0 Å². The summed E-state index contributed by atoms with van der Waals surface area (Å²) >= 11 is 0. The van der Waals surface area contributed by atoms with Crippen LogP contribution in [0.2, 0.25) is 0 Å². The Hall–Kier alpha value is -2.13. The third kappa shape index (κ3) is 6.30. The highest BCUT2D eigenvalue weighted by Crippen LogP contribution is 2.18. The van der Waals surface area contributed by atoms with Crippen LogP contribution in [0.5, 0.6) is 0 Å². The quantitative estimate of drug-likeness (QED) is 0.675. The van der Waals surface area contributed by atoms with Crippen molar-refractivity contribution >= 4 is 27.6 Å². The van der Waals surface area contributed by atoms with Crippen molar-refractivity contribution in [3.05, 3.63) is 29.8 Å². The van der Waals surface area contributed by atoms with E-state index in [1.54, 1.807) is 31.3 Å². The van der Waals surface area contributed by atoms with Crippen molar-refractivity contribution in [1.82, 2.24) is 14.9 Å². The van der Waals surface area contributed by atoms with Crippen molar-refractivity contribution in [2.45, 2.75) is 19.3 Å². The summed E-state index contributed by atoms with van der Waals surface area (Å²) in [5.41, 5.74) is 1.49. The fraction of sp³-hybridized carbons (Fsp3) is 0.529. The number of nitrogens with one attached hydrogen (secondary N) is 3. The Balaban J connectivity index is 1.79. The lowest BCUT2D eigenvalue weighted by molar-refractivity contribution is -0.119. The monoisotopic (exact) mass is 382 g/mol. The summed E-state index contributed by atoms with van der Waals surface area (Å²) in [6.07, 6.45) is 3.19. The maximum atomic E-state index is 12.0. The molecule has 26 heavy (non-hydrogen) atoms. The summed E-state index contributed by atoms with van der Waals surface area (Å²) in [6.45, 7) is 1.41. The molecule has 0 spiro atoms. The van der Waals surface area contributed by atoms with Gasteiger partial charge in [0.05, 0.1) is 12.7 Å². The Kier molecular flexibility index (Phi) is 6.98. The normalized spacial score (nSPS) is 18.2. The van der Waals surface area contributed by atoms with Crippen LogP contribution in [-0.2, 0) is 21.2 Å². The minimum Gasteiger partial charge on any atom is -0.359 e. The minimum absolute atomic E-state index is 0.0703. The topological polar surface area (TPSA) is 108 Å². The predicted molar refractivity (Wildman–Crippen MR) is 100 cm³/mol. The van der Waals surface area contributed by atoms with Gasteiger partial charge in [0, 0.05) is 32.4 Å². The Morgan fingerprint density at radius 1 is 1.23 bits per heavy atom. The van der Waals surface area contributed by atoms with E-state index in [0.29, 0.717) is 31.7 Å². The molecule has 0 saturated carbocycles. The highest BCUT2D eigenvalue weighted by Gasteiger charge is 2.25. The molecule has 0 aliphatic carbocycles. The molecule has 1 saturated heterocycles. The third-order valence-electron chi connectivity index (χ3n) is 4.36. The van der Waals surface area contributed by atoms with E-state index in [1.807, 2.05) is 0 Å². The van der Waals surface area contributed by atoms with Crippen molar-refractivity contribution in [2.24, 2.45) is 5.92 Å². The van der Waals surface area contributed by atoms with E-state index < -0.39 is 10.0 Å². The van der Waals surface area contributed by atoms with Crippen LogP contribution in [0.15, 0.2) is 24.3 Å². The first kappa shape index (κ1) is 20.2. The number of rotatable bonds is 6. The van der Waals surface area contributed by atoms with E-state index in [2.05, 4.69) is 16.0 Å². The Morgan fingerprint density at radius 2 is 1.92 bits per heavy atom. The molecule has 0 radical (unpaired) electrons. The molecular weight excluding hydrogens is 356 g/mol. The van der Waals surface area contributed by atoms with Crippen molar-refractivity contribution < 1.29 is 18.0 Å². The summed E-state index contributed by atoms with van der Waals surface area (Å²) in [7, 11) is -1.60. The molecule has 3 N–H and O–H groups in total. The van der Waals surface area contributed by atoms with E-state index in [9.17, 15) is 18.0 Å². The van der Waals surface area contributed by atoms with Crippen LogP contribution in [0.1, 0.15) is 18.4 Å². The molecule has 8 nitrogen and oxygen atoms in total. The van der Waals surface area contributed by atoms with Crippen molar-refractivity contribution in [3.8, 4) is 0 Å². The Morgan fingerprint density at radius 3 is 2.54 bits per heavy atom. The zero-order valence-corrected chi connectivity index (χ0v) is 15.9. The number of piperidine rings is 1. The molecule has 144 valence electrons. The second-order valence-electron chi connectivity index (χ2n) is 6.51. The van der Waals surface area contributed by atoms with Gasteiger partial charge in [0.25, 0.3) is 0 Å². The van der Waals surface area contributed by atoms with Crippen LogP contribution in [0.4, 0.5) is 10.5 Å². The van der Waals surface area contributed by atoms with Gasteiger partial charge >= 0.3 is 6.03 Å². The number of carbonyl (C=O) groups is 2. The van der Waals surface area contributed by atoms with Gasteiger partial charge in [-0.3, -0.25) is 4.79 Å². The Bertz CT molecular complexity index is 734. The molecule has 1 aromatic carbocycles. The zero-order chi connectivity index (χ0) is 19.2. The number of hydrogen-bond acceptors (Lipinski definition) is 4. The molecular formula is C17H26N4O4S. The maximum Gasteiger partial charge on any atom is 0.319 e. The van der Waals surface area contributed by atoms with Crippen LogP contribution in [0.25, 0.3) is 0 Å². The molecule has 2 rings (SSSR count). The van der Waals surface area contributed by atoms with Crippen LogP contribution in [-0.4, -0.2) is 57.6 Å². The molecule has 1 fully saturated rings. The third-order valence-corrected chi connectivity index (χ3v) is 5.63. The van der Waals surface area contributed by atoms with E-state index in [1.165, 1.54) is 10.6 Å². The minimum atomic E-state index is -3.18. The van der Waals surface area contributed by atoms with Crippen LogP contribution in [0.3, 0.4) is 0 Å². The number of urea groups is 1. The molecule has 1 unspecified atom stereocenters. The molecule has 0 bridgehead atoms. The smallest absolute Gasteiger partial charge is 0.319 e. The van der Waals surface area contributed by atoms with Gasteiger partial charge in [-0.1, -0.05) is 12.1 Å². The number of nitrogens with zero attached hydrogens (tertiary/aromatic N) is 1. The first-order valence-electron chi connectivity index (χ1n) is 8.57. The molecule has 1 aliphatic rings. The highest BCUT2D eigenvalue weighted by molar-refractivity contribution is 7.88. The highest BCUT2D eigenvalue weighted by atomic mass is 32.2. The standard InChI is InChI=1S/C17H26N4O4S/c1-18-16(22)10-13-5-7-15(8-6-13)20-17(23)19-11-14-4-3-9-21(12-14)26(2,24)25/h5-8,14H,3-4,9-12H2,1-2H3,(H,18,22)(H2,19,20,23). The van der Waals surface area contributed by atoms with Gasteiger partial charge in [-0.05, 0) is 36.5 Å². The van der Waals surface area contributed by atoms with Crippen molar-refractivity contribution in [3.63, 3.8) is 0 Å². The predicted octanol–water partition coefficient (Wildman–Crippen LogP) is 0.768. The zero-order valence-electron chi connectivity index (χ0n) is 15.1. The number of likely N-dealkylation sites (N-methyl/N-ethyl adjacent to an activating group) is 1. The lowest BCUT2D eigenvalue weighted by atomic mass is 10.00. The first-order chi connectivity index (χ1) is 12.3. The average Bonchev–Trinajstić information content (AvgIpc) is 2.61. The van der Waals surface area contributed by atoms with E-state index in [-0.39, 0.29) is 17.9 Å². The summed E-state index contributed by atoms with van der Waals surface area (Å²) in [6, 6.07) is 6.72. The van der Waals surface area contributed by atoms with Crippen molar-refractivity contribution in [2.75, 3.05) is 38.3 Å². The Labute approximate surface area is 154 Å². The summed E-state index contributed by atoms with van der Waals surface area (Å²) in [5, 5.41) is 8.09. The molecule has 0 aromatic heterocycles. The second-order valence-corrected chi connectivity index (χ2v) is 8.49. The molecule has 1 aliphatic heterocycles. The van der Waals surface area contributed by atoms with Gasteiger partial charge in [-0.2, -0.15) is 0 Å². The van der Waals surface area contributed by atoms with E-state index >= 15 is 0 Å². The van der Waals surface area contributed by atoms with E-state index in [0.717, 1.165) is 18.4 Å². The lowest BCUT2D eigenvalue weighted by Crippen LogP contribution is -2.43. The fourth-order valence-electron chi connectivity index (χ4n) is 2.89. The number of anilines is 1. The lowest BCUT2D eigenvalue weighted by Gasteiger charge is -2.30.